The Balaban J connectivity index is -0.000000290. The molecule has 0 saturated carbocycles. The first-order valence-electron chi connectivity index (χ1n) is 9.23. The third-order valence-electron chi connectivity index (χ3n) is 2.27. The van der Waals surface area contributed by atoms with E-state index in [1.165, 1.54) is 12.8 Å². The molecule has 3 heteroatoms. The van der Waals surface area contributed by atoms with E-state index < -0.39 is 0 Å². The monoisotopic (exact) mass is 386 g/mol. The van der Waals surface area contributed by atoms with Crippen LogP contribution < -0.4 is 0 Å². The Morgan fingerprint density at radius 3 is 0.643 bits per heavy atom. The van der Waals surface area contributed by atoms with Crippen LogP contribution in [0.4, 0.5) is 0 Å². The molecule has 3 aromatic rings. The maximum Gasteiger partial charge on any atom is 0.115 e. The molecule has 0 amide bonds. The summed E-state index contributed by atoms with van der Waals surface area (Å²) < 4.78 is 0. The molecule has 0 unspecified atom stereocenters. The quantitative estimate of drug-likeness (QED) is 0.372. The van der Waals surface area contributed by atoms with Crippen LogP contribution in [0.1, 0.15) is 48.0 Å². The van der Waals surface area contributed by atoms with Crippen LogP contribution in [0, 0.1) is 0 Å². The number of phenolic OH excluding ortho intramolecular Hbond substituents is 3. The highest BCUT2D eigenvalue weighted by atomic mass is 16.3. The average molecular weight is 387 g/mol. The molecule has 156 valence electrons. The second-order valence-corrected chi connectivity index (χ2v) is 5.42. The van der Waals surface area contributed by atoms with Gasteiger partial charge in [-0.05, 0) is 36.4 Å². The zero-order valence-corrected chi connectivity index (χ0v) is 16.9. The van der Waals surface area contributed by atoms with Gasteiger partial charge in [0.25, 0.3) is 0 Å². The summed E-state index contributed by atoms with van der Waals surface area (Å²) in [4.78, 5) is 0. The minimum atomic E-state index is 0. The van der Waals surface area contributed by atoms with Crippen LogP contribution in [0.2, 0.25) is 0 Å². The third-order valence-corrected chi connectivity index (χ3v) is 2.27. The zero-order valence-electron chi connectivity index (χ0n) is 16.9. The number of phenols is 3. The largest absolute Gasteiger partial charge is 0.508 e. The van der Waals surface area contributed by atoms with Crippen molar-refractivity contribution in [3.05, 3.63) is 91.0 Å². The third kappa shape index (κ3) is 25.3. The van der Waals surface area contributed by atoms with Crippen molar-refractivity contribution in [2.24, 2.45) is 0 Å². The lowest BCUT2D eigenvalue weighted by atomic mass is 10.3. The fraction of sp³-hybridized carbons (Fsp3) is 0.280. The molecule has 0 fully saturated rings. The summed E-state index contributed by atoms with van der Waals surface area (Å²) in [5.74, 6) is 0.965. The number of hydrogen-bond donors (Lipinski definition) is 3. The lowest BCUT2D eigenvalue weighted by Gasteiger charge is -1.82. The van der Waals surface area contributed by atoms with E-state index in [4.69, 9.17) is 15.3 Å². The van der Waals surface area contributed by atoms with Gasteiger partial charge in [-0.3, -0.25) is 0 Å². The molecule has 3 rings (SSSR count). The van der Waals surface area contributed by atoms with E-state index >= 15 is 0 Å². The fourth-order valence-corrected chi connectivity index (χ4v) is 1.28. The number of hydrogen-bond acceptors (Lipinski definition) is 3. The van der Waals surface area contributed by atoms with Gasteiger partial charge in [0.1, 0.15) is 17.2 Å². The van der Waals surface area contributed by atoms with E-state index in [9.17, 15) is 0 Å². The zero-order chi connectivity index (χ0) is 20.8. The van der Waals surface area contributed by atoms with Crippen molar-refractivity contribution in [2.75, 3.05) is 0 Å². The lowest BCUT2D eigenvalue weighted by Crippen LogP contribution is -1.56. The van der Waals surface area contributed by atoms with E-state index in [-0.39, 0.29) is 7.43 Å². The van der Waals surface area contributed by atoms with Gasteiger partial charge in [-0.25, -0.2) is 0 Å². The van der Waals surface area contributed by atoms with Gasteiger partial charge < -0.3 is 15.3 Å². The molecule has 0 radical (unpaired) electrons. The molecule has 0 spiro atoms. The second kappa shape index (κ2) is 24.1. The molecule has 0 bridgehead atoms. The lowest BCUT2D eigenvalue weighted by molar-refractivity contribution is 0.475. The van der Waals surface area contributed by atoms with Crippen LogP contribution in [0.5, 0.6) is 17.2 Å². The van der Waals surface area contributed by atoms with E-state index in [2.05, 4.69) is 27.7 Å². The van der Waals surface area contributed by atoms with Gasteiger partial charge in [-0.2, -0.15) is 0 Å². The number of para-hydroxylation sites is 3. The summed E-state index contributed by atoms with van der Waals surface area (Å²) in [6, 6.07) is 26.1. The maximum absolute atomic E-state index is 8.63. The van der Waals surface area contributed by atoms with Crippen LogP contribution in [0.3, 0.4) is 0 Å². The summed E-state index contributed by atoms with van der Waals surface area (Å²) in [6.45, 7) is 8.50. The first kappa shape index (κ1) is 29.8. The summed E-state index contributed by atoms with van der Waals surface area (Å²) in [5, 5.41) is 25.9. The molecule has 0 aliphatic carbocycles. The first-order chi connectivity index (χ1) is 13.0. The maximum atomic E-state index is 8.63. The van der Waals surface area contributed by atoms with Crippen LogP contribution in [-0.2, 0) is 0 Å². The molecule has 0 aromatic heterocycles. The highest BCUT2D eigenvalue weighted by Gasteiger charge is 1.76. The molecule has 3 aromatic carbocycles. The van der Waals surface area contributed by atoms with E-state index in [1.807, 2.05) is 18.2 Å². The van der Waals surface area contributed by atoms with Crippen molar-refractivity contribution in [2.45, 2.75) is 48.0 Å². The molecule has 28 heavy (non-hydrogen) atoms. The Hall–Kier alpha value is -2.94. The normalized spacial score (nSPS) is 7.71. The Morgan fingerprint density at radius 1 is 0.429 bits per heavy atom. The molecule has 0 saturated heterocycles. The topological polar surface area (TPSA) is 60.7 Å². The van der Waals surface area contributed by atoms with E-state index in [0.717, 1.165) is 0 Å². The summed E-state index contributed by atoms with van der Waals surface area (Å²) in [7, 11) is 0. The SMILES string of the molecule is C.CCC.CCC.Oc1ccccc1.Oc1ccccc1.Oc1ccccc1. The minimum absolute atomic E-state index is 0. The van der Waals surface area contributed by atoms with Crippen LogP contribution >= 0.6 is 0 Å². The molecular formula is C25H38O3. The van der Waals surface area contributed by atoms with Gasteiger partial charge in [-0.1, -0.05) is 103 Å². The van der Waals surface area contributed by atoms with E-state index in [1.54, 1.807) is 72.8 Å². The molecule has 0 aliphatic heterocycles. The van der Waals surface area contributed by atoms with Crippen LogP contribution in [-0.4, -0.2) is 15.3 Å². The van der Waals surface area contributed by atoms with Crippen molar-refractivity contribution in [1.82, 2.24) is 0 Å². The Kier molecular flexibility index (Phi) is 25.6. The van der Waals surface area contributed by atoms with Gasteiger partial charge in [-0.15, -0.1) is 0 Å². The van der Waals surface area contributed by atoms with Gasteiger partial charge in [0, 0.05) is 0 Å². The molecule has 3 N–H and O–H groups in total. The number of aromatic hydroxyl groups is 3. The average Bonchev–Trinajstić information content (AvgIpc) is 2.66. The smallest absolute Gasteiger partial charge is 0.115 e. The fourth-order valence-electron chi connectivity index (χ4n) is 1.28. The second-order valence-electron chi connectivity index (χ2n) is 5.42. The summed E-state index contributed by atoms with van der Waals surface area (Å²) >= 11 is 0. The van der Waals surface area contributed by atoms with Crippen LogP contribution in [0.15, 0.2) is 91.0 Å². The highest BCUT2D eigenvalue weighted by molar-refractivity contribution is 5.19. The summed E-state index contributed by atoms with van der Waals surface area (Å²) in [6.07, 6.45) is 2.50. The van der Waals surface area contributed by atoms with Crippen molar-refractivity contribution >= 4 is 0 Å². The van der Waals surface area contributed by atoms with Gasteiger partial charge >= 0.3 is 0 Å². The molecule has 0 aliphatic rings. The van der Waals surface area contributed by atoms with Gasteiger partial charge in [0.15, 0.2) is 0 Å². The number of benzene rings is 3. The predicted octanol–water partition coefficient (Wildman–Crippen LogP) is 7.65. The highest BCUT2D eigenvalue weighted by Crippen LogP contribution is 2.04. The van der Waals surface area contributed by atoms with Crippen LogP contribution in [0.25, 0.3) is 0 Å². The molecule has 0 heterocycles. The van der Waals surface area contributed by atoms with Crippen molar-refractivity contribution < 1.29 is 15.3 Å². The van der Waals surface area contributed by atoms with Crippen molar-refractivity contribution in [1.29, 1.82) is 0 Å². The standard InChI is InChI=1S/3C6H6O.2C3H8.CH4/c3*7-6-4-2-1-3-5-6;2*1-3-2;/h3*1-5,7H;2*3H2,1-2H3;1H4. The molecule has 3 nitrogen and oxygen atoms in total. The first-order valence-corrected chi connectivity index (χ1v) is 9.23. The minimum Gasteiger partial charge on any atom is -0.508 e. The molecular weight excluding hydrogens is 348 g/mol. The van der Waals surface area contributed by atoms with Crippen molar-refractivity contribution in [3.8, 4) is 17.2 Å². The Labute approximate surface area is 172 Å². The van der Waals surface area contributed by atoms with Gasteiger partial charge in [0.2, 0.25) is 0 Å². The predicted molar refractivity (Wildman–Crippen MR) is 123 cm³/mol. The number of rotatable bonds is 0. The van der Waals surface area contributed by atoms with Gasteiger partial charge in [0.05, 0.1) is 0 Å². The molecule has 0 atom stereocenters. The van der Waals surface area contributed by atoms with E-state index in [0.29, 0.717) is 17.2 Å². The Morgan fingerprint density at radius 2 is 0.571 bits per heavy atom. The van der Waals surface area contributed by atoms with Crippen molar-refractivity contribution in [3.63, 3.8) is 0 Å². The summed E-state index contributed by atoms with van der Waals surface area (Å²) in [5.41, 5.74) is 0. The Bertz CT molecular complexity index is 520.